The molecule has 0 bridgehead atoms. The van der Waals surface area contributed by atoms with Crippen LogP contribution in [0.4, 0.5) is 0 Å². The zero-order valence-corrected chi connectivity index (χ0v) is 7.87. The van der Waals surface area contributed by atoms with Gasteiger partial charge in [0.25, 0.3) is 0 Å². The minimum Gasteiger partial charge on any atom is -0.481 e. The smallest absolute Gasteiger partial charge is 0.307 e. The lowest BCUT2D eigenvalue weighted by molar-refractivity contribution is -0.139. The quantitative estimate of drug-likeness (QED) is 0.656. The van der Waals surface area contributed by atoms with Crippen molar-refractivity contribution in [2.75, 3.05) is 0 Å². The summed E-state index contributed by atoms with van der Waals surface area (Å²) in [6, 6.07) is 0. The second kappa shape index (κ2) is 2.92. The van der Waals surface area contributed by atoms with Crippen molar-refractivity contribution in [1.29, 1.82) is 0 Å². The van der Waals surface area contributed by atoms with Gasteiger partial charge in [0.1, 0.15) is 0 Å². The highest BCUT2D eigenvalue weighted by Gasteiger charge is 2.60. The number of hydrogen-bond acceptors (Lipinski definition) is 1. The van der Waals surface area contributed by atoms with Crippen molar-refractivity contribution < 1.29 is 9.90 Å². The molecule has 2 nitrogen and oxygen atoms in total. The summed E-state index contributed by atoms with van der Waals surface area (Å²) in [5.74, 6) is -0.582. The molecule has 12 heavy (non-hydrogen) atoms. The van der Waals surface area contributed by atoms with Crippen molar-refractivity contribution in [3.05, 3.63) is 12.2 Å². The van der Waals surface area contributed by atoms with E-state index in [1.165, 1.54) is 0 Å². The number of hydrogen-bond donors (Lipinski definition) is 1. The molecule has 0 spiro atoms. The average Bonchev–Trinajstić information content (AvgIpc) is 2.49. The van der Waals surface area contributed by atoms with Crippen LogP contribution < -0.4 is 0 Å². The molecular formula is C10H16O2. The Labute approximate surface area is 73.3 Å². The molecule has 0 saturated heterocycles. The molecular weight excluding hydrogens is 152 g/mol. The Morgan fingerprint density at radius 3 is 2.50 bits per heavy atom. The summed E-state index contributed by atoms with van der Waals surface area (Å²) >= 11 is 0. The third-order valence-electron chi connectivity index (χ3n) is 2.76. The van der Waals surface area contributed by atoms with E-state index in [1.807, 2.05) is 19.9 Å². The summed E-state index contributed by atoms with van der Waals surface area (Å²) in [5, 5.41) is 8.82. The summed E-state index contributed by atoms with van der Waals surface area (Å²) in [7, 11) is 0. The van der Waals surface area contributed by atoms with E-state index in [9.17, 15) is 4.79 Å². The van der Waals surface area contributed by atoms with E-state index in [2.05, 4.69) is 13.0 Å². The van der Waals surface area contributed by atoms with Gasteiger partial charge in [0, 0.05) is 0 Å². The van der Waals surface area contributed by atoms with Crippen LogP contribution in [-0.2, 0) is 4.79 Å². The van der Waals surface area contributed by atoms with Crippen molar-refractivity contribution in [2.24, 2.45) is 17.3 Å². The van der Waals surface area contributed by atoms with Crippen LogP contribution >= 0.6 is 0 Å². The molecule has 1 rings (SSSR count). The van der Waals surface area contributed by atoms with Crippen LogP contribution in [0.3, 0.4) is 0 Å². The van der Waals surface area contributed by atoms with E-state index in [4.69, 9.17) is 5.11 Å². The van der Waals surface area contributed by atoms with Gasteiger partial charge in [0.2, 0.25) is 0 Å². The fraction of sp³-hybridized carbons (Fsp3) is 0.700. The van der Waals surface area contributed by atoms with E-state index in [0.717, 1.165) is 6.42 Å². The van der Waals surface area contributed by atoms with Crippen LogP contribution in [0.15, 0.2) is 12.2 Å². The number of rotatable bonds is 3. The minimum absolute atomic E-state index is 0.0303. The van der Waals surface area contributed by atoms with E-state index in [1.54, 1.807) is 0 Å². The van der Waals surface area contributed by atoms with Gasteiger partial charge in [0.05, 0.1) is 5.92 Å². The molecule has 2 atom stereocenters. The van der Waals surface area contributed by atoms with Crippen LogP contribution in [-0.4, -0.2) is 11.1 Å². The third kappa shape index (κ3) is 1.38. The first kappa shape index (κ1) is 9.30. The standard InChI is InChI=1S/C10H16O2/c1-4-5-6-7-8(9(11)12)10(7,2)3/h5-8H,4H2,1-3H3,(H,11,12)/b6-5+/t7-,8+/m0/s1. The molecule has 0 aliphatic heterocycles. The maximum Gasteiger partial charge on any atom is 0.307 e. The van der Waals surface area contributed by atoms with Crippen molar-refractivity contribution in [2.45, 2.75) is 27.2 Å². The van der Waals surface area contributed by atoms with Crippen molar-refractivity contribution >= 4 is 5.97 Å². The molecule has 0 heterocycles. The van der Waals surface area contributed by atoms with Gasteiger partial charge >= 0.3 is 5.97 Å². The molecule has 0 amide bonds. The number of aliphatic carboxylic acids is 1. The van der Waals surface area contributed by atoms with Crippen LogP contribution in [0.25, 0.3) is 0 Å². The highest BCUT2D eigenvalue weighted by Crippen LogP contribution is 2.59. The van der Waals surface area contributed by atoms with E-state index in [0.29, 0.717) is 0 Å². The highest BCUT2D eigenvalue weighted by molar-refractivity contribution is 5.76. The summed E-state index contributed by atoms with van der Waals surface area (Å²) in [6.07, 6.45) is 5.08. The van der Waals surface area contributed by atoms with Crippen LogP contribution in [0.1, 0.15) is 27.2 Å². The lowest BCUT2D eigenvalue weighted by Gasteiger charge is -1.95. The number of carboxylic acids is 1. The molecule has 1 aliphatic carbocycles. The molecule has 1 fully saturated rings. The maximum atomic E-state index is 10.7. The van der Waals surface area contributed by atoms with Crippen LogP contribution in [0.2, 0.25) is 0 Å². The maximum absolute atomic E-state index is 10.7. The van der Waals surface area contributed by atoms with Crippen molar-refractivity contribution in [3.63, 3.8) is 0 Å². The lowest BCUT2D eigenvalue weighted by atomic mass is 10.1. The van der Waals surface area contributed by atoms with E-state index in [-0.39, 0.29) is 17.3 Å². The van der Waals surface area contributed by atoms with Gasteiger partial charge in [-0.3, -0.25) is 4.79 Å². The topological polar surface area (TPSA) is 37.3 Å². The van der Waals surface area contributed by atoms with Crippen molar-refractivity contribution in [1.82, 2.24) is 0 Å². The highest BCUT2D eigenvalue weighted by atomic mass is 16.4. The molecule has 0 aromatic heterocycles. The summed E-state index contributed by atoms with van der Waals surface area (Å²) in [4.78, 5) is 10.7. The first-order valence-corrected chi connectivity index (χ1v) is 4.41. The van der Waals surface area contributed by atoms with Crippen LogP contribution in [0, 0.1) is 17.3 Å². The molecule has 0 radical (unpaired) electrons. The molecule has 2 heteroatoms. The Kier molecular flexibility index (Phi) is 2.27. The van der Waals surface area contributed by atoms with Gasteiger partial charge in [-0.05, 0) is 17.8 Å². The summed E-state index contributed by atoms with van der Waals surface area (Å²) in [5.41, 5.74) is -0.0303. The van der Waals surface area contributed by atoms with E-state index < -0.39 is 5.97 Å². The average molecular weight is 168 g/mol. The normalized spacial score (nSPS) is 32.2. The van der Waals surface area contributed by atoms with E-state index >= 15 is 0 Å². The first-order valence-electron chi connectivity index (χ1n) is 4.41. The Hall–Kier alpha value is -0.790. The predicted molar refractivity (Wildman–Crippen MR) is 47.8 cm³/mol. The Bertz CT molecular complexity index is 216. The molecule has 68 valence electrons. The van der Waals surface area contributed by atoms with Gasteiger partial charge in [0.15, 0.2) is 0 Å². The van der Waals surface area contributed by atoms with Gasteiger partial charge in [-0.2, -0.15) is 0 Å². The SMILES string of the molecule is CC/C=C/[C@H]1[C@H](C(=O)O)C1(C)C. The van der Waals surface area contributed by atoms with Gasteiger partial charge in [-0.25, -0.2) is 0 Å². The fourth-order valence-corrected chi connectivity index (χ4v) is 1.79. The van der Waals surface area contributed by atoms with Gasteiger partial charge < -0.3 is 5.11 Å². The molecule has 1 aliphatic rings. The zero-order valence-electron chi connectivity index (χ0n) is 7.87. The minimum atomic E-state index is -0.661. The number of carboxylic acid groups (broad SMARTS) is 1. The second-order valence-corrected chi connectivity index (χ2v) is 4.00. The second-order valence-electron chi connectivity index (χ2n) is 4.00. The number of carbonyl (C=O) groups is 1. The number of allylic oxidation sites excluding steroid dienone is 2. The molecule has 0 unspecified atom stereocenters. The Balaban J connectivity index is 2.60. The summed E-state index contributed by atoms with van der Waals surface area (Å²) < 4.78 is 0. The van der Waals surface area contributed by atoms with Gasteiger partial charge in [-0.15, -0.1) is 0 Å². The largest absolute Gasteiger partial charge is 0.481 e. The molecule has 0 aromatic rings. The lowest BCUT2D eigenvalue weighted by Crippen LogP contribution is -2.02. The zero-order chi connectivity index (χ0) is 9.35. The molecule has 1 N–H and O–H groups in total. The predicted octanol–water partition coefficient (Wildman–Crippen LogP) is 2.31. The van der Waals surface area contributed by atoms with Crippen LogP contribution in [0.5, 0.6) is 0 Å². The third-order valence-corrected chi connectivity index (χ3v) is 2.76. The summed E-state index contributed by atoms with van der Waals surface area (Å²) in [6.45, 7) is 6.08. The monoisotopic (exact) mass is 168 g/mol. The Morgan fingerprint density at radius 2 is 2.17 bits per heavy atom. The molecule has 0 aromatic carbocycles. The molecule has 1 saturated carbocycles. The fourth-order valence-electron chi connectivity index (χ4n) is 1.79. The Morgan fingerprint density at radius 1 is 1.58 bits per heavy atom. The van der Waals surface area contributed by atoms with Gasteiger partial charge in [-0.1, -0.05) is 32.9 Å². The van der Waals surface area contributed by atoms with Crippen molar-refractivity contribution in [3.8, 4) is 0 Å². The first-order chi connectivity index (χ1) is 5.51.